The summed E-state index contributed by atoms with van der Waals surface area (Å²) in [6, 6.07) is 0. The zero-order valence-electron chi connectivity index (χ0n) is 8.53. The predicted octanol–water partition coefficient (Wildman–Crippen LogP) is 0.932. The van der Waals surface area contributed by atoms with Crippen LogP contribution in [0.4, 0.5) is 0 Å². The molecule has 2 atom stereocenters. The summed E-state index contributed by atoms with van der Waals surface area (Å²) < 4.78 is 5.38. The van der Waals surface area contributed by atoms with Crippen molar-refractivity contribution in [3.8, 4) is 0 Å². The fourth-order valence-electron chi connectivity index (χ4n) is 1.84. The number of rotatable bonds is 4. The number of aldehydes is 1. The molecule has 0 radical (unpaired) electrons. The first-order valence-electron chi connectivity index (χ1n) is 4.96. The number of piperidine rings is 1. The Kier molecular flexibility index (Phi) is 4.39. The van der Waals surface area contributed by atoms with E-state index in [4.69, 9.17) is 4.74 Å². The van der Waals surface area contributed by atoms with Crippen LogP contribution in [0.15, 0.2) is 0 Å². The molecule has 0 aromatic carbocycles. The van der Waals surface area contributed by atoms with E-state index < -0.39 is 0 Å². The summed E-state index contributed by atoms with van der Waals surface area (Å²) in [5, 5.41) is 0. The van der Waals surface area contributed by atoms with Crippen molar-refractivity contribution in [2.75, 3.05) is 26.7 Å². The van der Waals surface area contributed by atoms with Crippen LogP contribution in [0, 0.1) is 5.92 Å². The van der Waals surface area contributed by atoms with Gasteiger partial charge in [-0.25, -0.2) is 0 Å². The van der Waals surface area contributed by atoms with Gasteiger partial charge in [-0.05, 0) is 18.9 Å². The molecule has 0 aromatic rings. The molecule has 0 aromatic heterocycles. The summed E-state index contributed by atoms with van der Waals surface area (Å²) in [6.45, 7) is 5.20. The Morgan fingerprint density at radius 1 is 1.62 bits per heavy atom. The number of ether oxygens (including phenoxy) is 1. The highest BCUT2D eigenvalue weighted by molar-refractivity contribution is 5.49. The number of likely N-dealkylation sites (tertiary alicyclic amines) is 1. The molecule has 3 heteroatoms. The van der Waals surface area contributed by atoms with E-state index in [0.29, 0.717) is 18.4 Å². The minimum atomic E-state index is 0.348. The smallest absolute Gasteiger partial charge is 0.121 e. The maximum absolute atomic E-state index is 10.2. The van der Waals surface area contributed by atoms with E-state index in [-0.39, 0.29) is 0 Å². The lowest BCUT2D eigenvalue weighted by atomic mass is 9.96. The van der Waals surface area contributed by atoms with Gasteiger partial charge in [0.15, 0.2) is 0 Å². The summed E-state index contributed by atoms with van der Waals surface area (Å²) in [5.41, 5.74) is 0. The van der Waals surface area contributed by atoms with E-state index in [2.05, 4.69) is 11.8 Å². The molecule has 1 rings (SSSR count). The first-order valence-corrected chi connectivity index (χ1v) is 4.96. The standard InChI is InChI=1S/C10H19NO2/c1-9-4-6-11(5-3-7-12)8-10(9)13-2/h7,9-10H,3-6,8H2,1-2H3. The normalized spacial score (nSPS) is 30.3. The molecule has 1 heterocycles. The third-order valence-electron chi connectivity index (χ3n) is 2.84. The summed E-state index contributed by atoms with van der Waals surface area (Å²) in [7, 11) is 1.77. The molecule has 0 saturated carbocycles. The molecule has 0 bridgehead atoms. The number of nitrogens with zero attached hydrogens (tertiary/aromatic N) is 1. The van der Waals surface area contributed by atoms with Crippen LogP contribution in [-0.4, -0.2) is 44.0 Å². The average molecular weight is 185 g/mol. The van der Waals surface area contributed by atoms with Gasteiger partial charge in [0.25, 0.3) is 0 Å². The van der Waals surface area contributed by atoms with Crippen molar-refractivity contribution in [2.45, 2.75) is 25.9 Å². The van der Waals surface area contributed by atoms with Crippen LogP contribution in [0.3, 0.4) is 0 Å². The maximum Gasteiger partial charge on any atom is 0.121 e. The molecule has 0 amide bonds. The molecule has 1 saturated heterocycles. The molecular formula is C10H19NO2. The Morgan fingerprint density at radius 3 is 3.00 bits per heavy atom. The predicted molar refractivity (Wildman–Crippen MR) is 51.7 cm³/mol. The summed E-state index contributed by atoms with van der Waals surface area (Å²) >= 11 is 0. The van der Waals surface area contributed by atoms with Crippen molar-refractivity contribution in [1.29, 1.82) is 0 Å². The highest BCUT2D eigenvalue weighted by Crippen LogP contribution is 2.19. The summed E-state index contributed by atoms with van der Waals surface area (Å²) in [6.07, 6.45) is 3.16. The Morgan fingerprint density at radius 2 is 2.38 bits per heavy atom. The first kappa shape index (κ1) is 10.7. The van der Waals surface area contributed by atoms with Crippen LogP contribution in [0.2, 0.25) is 0 Å². The second-order valence-corrected chi connectivity index (χ2v) is 3.80. The minimum absolute atomic E-state index is 0.348. The first-order chi connectivity index (χ1) is 6.27. The third kappa shape index (κ3) is 3.08. The van der Waals surface area contributed by atoms with E-state index in [1.807, 2.05) is 0 Å². The topological polar surface area (TPSA) is 29.5 Å². The van der Waals surface area contributed by atoms with Crippen LogP contribution >= 0.6 is 0 Å². The van der Waals surface area contributed by atoms with Gasteiger partial charge in [-0.15, -0.1) is 0 Å². The van der Waals surface area contributed by atoms with E-state index in [1.54, 1.807) is 7.11 Å². The number of carbonyl (C=O) groups is 1. The Hall–Kier alpha value is -0.410. The molecule has 13 heavy (non-hydrogen) atoms. The zero-order valence-corrected chi connectivity index (χ0v) is 8.53. The third-order valence-corrected chi connectivity index (χ3v) is 2.84. The summed E-state index contributed by atoms with van der Waals surface area (Å²) in [4.78, 5) is 12.5. The monoisotopic (exact) mass is 185 g/mol. The lowest BCUT2D eigenvalue weighted by Crippen LogP contribution is -2.44. The van der Waals surface area contributed by atoms with Crippen molar-refractivity contribution in [3.63, 3.8) is 0 Å². The fourth-order valence-corrected chi connectivity index (χ4v) is 1.84. The van der Waals surface area contributed by atoms with Crippen LogP contribution in [0.5, 0.6) is 0 Å². The average Bonchev–Trinajstić information content (AvgIpc) is 2.16. The quantitative estimate of drug-likeness (QED) is 0.610. The second-order valence-electron chi connectivity index (χ2n) is 3.80. The largest absolute Gasteiger partial charge is 0.380 e. The minimum Gasteiger partial charge on any atom is -0.380 e. The maximum atomic E-state index is 10.2. The van der Waals surface area contributed by atoms with Gasteiger partial charge >= 0.3 is 0 Å². The molecule has 1 aliphatic rings. The molecule has 0 spiro atoms. The number of hydrogen-bond donors (Lipinski definition) is 0. The van der Waals surface area contributed by atoms with Crippen molar-refractivity contribution < 1.29 is 9.53 Å². The van der Waals surface area contributed by atoms with E-state index in [9.17, 15) is 4.79 Å². The Bertz CT molecular complexity index is 161. The molecule has 1 fully saturated rings. The van der Waals surface area contributed by atoms with Crippen LogP contribution in [0.25, 0.3) is 0 Å². The SMILES string of the molecule is COC1CN(CCC=O)CCC1C. The molecular weight excluding hydrogens is 166 g/mol. The highest BCUT2D eigenvalue weighted by Gasteiger charge is 2.25. The molecule has 0 N–H and O–H groups in total. The Labute approximate surface area is 80.1 Å². The van der Waals surface area contributed by atoms with Crippen molar-refractivity contribution >= 4 is 6.29 Å². The highest BCUT2D eigenvalue weighted by atomic mass is 16.5. The van der Waals surface area contributed by atoms with Gasteiger partial charge in [0.1, 0.15) is 6.29 Å². The summed E-state index contributed by atoms with van der Waals surface area (Å²) in [5.74, 6) is 0.650. The lowest BCUT2D eigenvalue weighted by molar-refractivity contribution is -0.108. The second kappa shape index (κ2) is 5.35. The van der Waals surface area contributed by atoms with Gasteiger partial charge in [-0.2, -0.15) is 0 Å². The van der Waals surface area contributed by atoms with Crippen LogP contribution < -0.4 is 0 Å². The van der Waals surface area contributed by atoms with Gasteiger partial charge in [0.2, 0.25) is 0 Å². The number of carbonyl (C=O) groups excluding carboxylic acids is 1. The van der Waals surface area contributed by atoms with Crippen LogP contribution in [-0.2, 0) is 9.53 Å². The molecule has 3 nitrogen and oxygen atoms in total. The molecule has 76 valence electrons. The van der Waals surface area contributed by atoms with Crippen molar-refractivity contribution in [3.05, 3.63) is 0 Å². The van der Waals surface area contributed by atoms with Crippen molar-refractivity contribution in [2.24, 2.45) is 5.92 Å². The van der Waals surface area contributed by atoms with Gasteiger partial charge < -0.3 is 14.4 Å². The van der Waals surface area contributed by atoms with Gasteiger partial charge in [-0.1, -0.05) is 6.92 Å². The van der Waals surface area contributed by atoms with E-state index in [1.165, 1.54) is 6.42 Å². The number of hydrogen-bond acceptors (Lipinski definition) is 3. The van der Waals surface area contributed by atoms with E-state index in [0.717, 1.165) is 25.9 Å². The van der Waals surface area contributed by atoms with Crippen molar-refractivity contribution in [1.82, 2.24) is 4.90 Å². The van der Waals surface area contributed by atoms with Gasteiger partial charge in [0.05, 0.1) is 6.10 Å². The number of methoxy groups -OCH3 is 1. The van der Waals surface area contributed by atoms with Crippen LogP contribution in [0.1, 0.15) is 19.8 Å². The molecule has 2 unspecified atom stereocenters. The lowest BCUT2D eigenvalue weighted by Gasteiger charge is -2.35. The zero-order chi connectivity index (χ0) is 9.68. The fraction of sp³-hybridized carbons (Fsp3) is 0.900. The van der Waals surface area contributed by atoms with Gasteiger partial charge in [-0.3, -0.25) is 0 Å². The molecule has 1 aliphatic heterocycles. The van der Waals surface area contributed by atoms with E-state index >= 15 is 0 Å². The van der Waals surface area contributed by atoms with Gasteiger partial charge in [0, 0.05) is 26.6 Å². The Balaban J connectivity index is 2.31. The molecule has 0 aliphatic carbocycles.